The summed E-state index contributed by atoms with van der Waals surface area (Å²) in [4.78, 5) is 0.565. The molecule has 0 radical (unpaired) electrons. The highest BCUT2D eigenvalue weighted by Gasteiger charge is 2.45. The minimum absolute atomic E-state index is 0.0175. The van der Waals surface area contributed by atoms with Crippen molar-refractivity contribution >= 4 is 59.8 Å². The van der Waals surface area contributed by atoms with Crippen LogP contribution < -0.4 is 4.90 Å². The molecule has 0 saturated carbocycles. The third kappa shape index (κ3) is 4.59. The quantitative estimate of drug-likeness (QED) is 0.402. The number of nitrogens with zero attached hydrogens (tertiary/aromatic N) is 3. The van der Waals surface area contributed by atoms with Gasteiger partial charge in [-0.3, -0.25) is 0 Å². The molecule has 0 amide bonds. The van der Waals surface area contributed by atoms with Crippen LogP contribution in [0.5, 0.6) is 0 Å². The van der Waals surface area contributed by atoms with E-state index in [4.69, 9.17) is 23.2 Å². The molecule has 1 aromatic heterocycles. The van der Waals surface area contributed by atoms with Crippen LogP contribution in [0.1, 0.15) is 20.3 Å². The summed E-state index contributed by atoms with van der Waals surface area (Å²) in [5, 5.41) is 3.46. The Bertz CT molecular complexity index is 1570. The number of aromatic nitrogens is 2. The van der Waals surface area contributed by atoms with Gasteiger partial charge in [0.25, 0.3) is 10.0 Å². The molecule has 2 heterocycles. The summed E-state index contributed by atoms with van der Waals surface area (Å²) in [6.45, 7) is 2.83. The molecule has 0 aliphatic carbocycles. The van der Waals surface area contributed by atoms with Crippen LogP contribution in [0, 0.1) is 0 Å². The highest BCUT2D eigenvalue weighted by Crippen LogP contribution is 2.40. The molecule has 0 bridgehead atoms. The lowest BCUT2D eigenvalue weighted by Crippen LogP contribution is -2.47. The van der Waals surface area contributed by atoms with Gasteiger partial charge in [0.15, 0.2) is 15.7 Å². The van der Waals surface area contributed by atoms with Crippen LogP contribution in [0.15, 0.2) is 63.4 Å². The van der Waals surface area contributed by atoms with Gasteiger partial charge < -0.3 is 4.90 Å². The van der Waals surface area contributed by atoms with Gasteiger partial charge >= 0.3 is 6.18 Å². The summed E-state index contributed by atoms with van der Waals surface area (Å²) >= 11 is 12.2. The third-order valence-corrected chi connectivity index (χ3v) is 10.2. The lowest BCUT2D eigenvalue weighted by atomic mass is 10.1. The summed E-state index contributed by atoms with van der Waals surface area (Å²) < 4.78 is 94.0. The Kier molecular flexibility index (Phi) is 6.87. The van der Waals surface area contributed by atoms with Crippen LogP contribution in [0.4, 0.5) is 19.0 Å². The fourth-order valence-electron chi connectivity index (χ4n) is 3.86. The molecular weight excluding hydrogens is 562 g/mol. The zero-order chi connectivity index (χ0) is 26.6. The smallest absolute Gasteiger partial charge is 0.339 e. The molecule has 1 aliphatic heterocycles. The number of alkyl halides is 3. The van der Waals surface area contributed by atoms with Crippen molar-refractivity contribution in [2.45, 2.75) is 47.5 Å². The van der Waals surface area contributed by atoms with Crippen molar-refractivity contribution < 1.29 is 30.0 Å². The number of rotatable bonds is 5. The first-order valence-corrected chi connectivity index (χ1v) is 14.4. The highest BCUT2D eigenvalue weighted by atomic mass is 35.5. The fraction of sp³-hybridized carbons (Fsp3) is 0.318. The summed E-state index contributed by atoms with van der Waals surface area (Å²) in [6, 6.07) is 6.68. The van der Waals surface area contributed by atoms with E-state index >= 15 is 0 Å². The number of hydrogen-bond acceptors (Lipinski definition) is 6. The molecule has 1 aliphatic rings. The van der Waals surface area contributed by atoms with Gasteiger partial charge in [-0.15, -0.1) is 5.10 Å². The monoisotopic (exact) mass is 581 g/mol. The van der Waals surface area contributed by atoms with Crippen molar-refractivity contribution in [3.8, 4) is 0 Å². The predicted molar refractivity (Wildman–Crippen MR) is 132 cm³/mol. The predicted octanol–water partition coefficient (Wildman–Crippen LogP) is 5.37. The number of anilines is 1. The average Bonchev–Trinajstić information content (AvgIpc) is 3.20. The van der Waals surface area contributed by atoms with Crippen LogP contribution in [0.3, 0.4) is 0 Å². The third-order valence-electron chi connectivity index (χ3n) is 5.78. The van der Waals surface area contributed by atoms with Gasteiger partial charge in [0.05, 0.1) is 31.0 Å². The number of sulfone groups is 1. The molecule has 2 aromatic carbocycles. The van der Waals surface area contributed by atoms with Crippen molar-refractivity contribution in [1.29, 1.82) is 0 Å². The molecular formula is C22H20Cl2F3N3O4S2. The zero-order valence-corrected chi connectivity index (χ0v) is 22.0. The fourth-order valence-corrected chi connectivity index (χ4v) is 6.65. The summed E-state index contributed by atoms with van der Waals surface area (Å²) in [6.07, 6.45) is -3.75. The molecule has 0 fully saturated rings. The number of fused-ring (bicyclic) bond motifs is 1. The maximum absolute atomic E-state index is 13.9. The normalized spacial score (nSPS) is 17.6. The van der Waals surface area contributed by atoms with E-state index in [1.165, 1.54) is 44.2 Å². The molecule has 0 unspecified atom stereocenters. The minimum Gasteiger partial charge on any atom is -0.339 e. The van der Waals surface area contributed by atoms with Crippen LogP contribution in [-0.2, 0) is 19.9 Å². The molecule has 36 heavy (non-hydrogen) atoms. The van der Waals surface area contributed by atoms with Gasteiger partial charge in [-0.05, 0) is 56.3 Å². The Morgan fingerprint density at radius 3 is 2.19 bits per heavy atom. The zero-order valence-electron chi connectivity index (χ0n) is 18.9. The van der Waals surface area contributed by atoms with Crippen molar-refractivity contribution in [1.82, 2.24) is 9.19 Å². The van der Waals surface area contributed by atoms with E-state index in [1.807, 2.05) is 0 Å². The van der Waals surface area contributed by atoms with E-state index in [2.05, 4.69) is 5.10 Å². The molecule has 0 spiro atoms. The standard InChI is InChI=1S/C22H20Cl2F3N3O4S2/c1-13(2)35(31,32)15-6-8-16(9-7-15)36(33,34)30-18-5-3-4-17(24)20(18)21(28-30)29-11-10-14(23)12-19(29)22(25,26)27/h3-9,12-13,19H,10-11H2,1-2H3/t19-/m1/s1. The van der Waals surface area contributed by atoms with Crippen molar-refractivity contribution in [2.75, 3.05) is 11.4 Å². The first-order valence-electron chi connectivity index (χ1n) is 10.6. The van der Waals surface area contributed by atoms with Crippen molar-refractivity contribution in [3.05, 3.63) is 58.6 Å². The van der Waals surface area contributed by atoms with Gasteiger partial charge in [0.1, 0.15) is 6.04 Å². The summed E-state index contributed by atoms with van der Waals surface area (Å²) in [5.74, 6) is -0.263. The van der Waals surface area contributed by atoms with Gasteiger partial charge in [0.2, 0.25) is 0 Å². The summed E-state index contributed by atoms with van der Waals surface area (Å²) in [7, 11) is -8.09. The first-order chi connectivity index (χ1) is 16.7. The van der Waals surface area contributed by atoms with Crippen LogP contribution in [-0.4, -0.2) is 50.0 Å². The highest BCUT2D eigenvalue weighted by molar-refractivity contribution is 7.92. The Morgan fingerprint density at radius 1 is 1.00 bits per heavy atom. The molecule has 3 aromatic rings. The Hall–Kier alpha value is -2.28. The van der Waals surface area contributed by atoms with Crippen LogP contribution in [0.2, 0.25) is 5.02 Å². The average molecular weight is 582 g/mol. The minimum atomic E-state index is -4.71. The van der Waals surface area contributed by atoms with E-state index < -0.39 is 37.3 Å². The number of halogens is 5. The maximum atomic E-state index is 13.9. The van der Waals surface area contributed by atoms with Gasteiger partial charge in [0, 0.05) is 18.0 Å². The topological polar surface area (TPSA) is 89.3 Å². The van der Waals surface area contributed by atoms with E-state index in [-0.39, 0.29) is 49.5 Å². The van der Waals surface area contributed by atoms with E-state index in [1.54, 1.807) is 0 Å². The summed E-state index contributed by atoms with van der Waals surface area (Å²) in [5.41, 5.74) is -0.0297. The van der Waals surface area contributed by atoms with E-state index in [0.717, 1.165) is 23.1 Å². The lowest BCUT2D eigenvalue weighted by molar-refractivity contribution is -0.138. The molecule has 0 saturated heterocycles. The van der Waals surface area contributed by atoms with Gasteiger partial charge in [-0.2, -0.15) is 25.7 Å². The Labute approximate surface area is 216 Å². The van der Waals surface area contributed by atoms with E-state index in [0.29, 0.717) is 4.09 Å². The molecule has 1 atom stereocenters. The SMILES string of the molecule is CC(C)S(=O)(=O)c1ccc(S(=O)(=O)n2nc(N3CCC(Cl)=C[C@@H]3C(F)(F)F)c3c(Cl)cccc32)cc1. The van der Waals surface area contributed by atoms with Crippen LogP contribution >= 0.6 is 23.2 Å². The molecule has 4 rings (SSSR count). The second-order valence-electron chi connectivity index (χ2n) is 8.41. The second kappa shape index (κ2) is 9.23. The Morgan fingerprint density at radius 2 is 1.61 bits per heavy atom. The van der Waals surface area contributed by atoms with Gasteiger partial charge in [-0.25, -0.2) is 8.42 Å². The van der Waals surface area contributed by atoms with E-state index in [9.17, 15) is 30.0 Å². The van der Waals surface area contributed by atoms with Gasteiger partial charge in [-0.1, -0.05) is 29.3 Å². The molecule has 14 heteroatoms. The molecule has 194 valence electrons. The van der Waals surface area contributed by atoms with Crippen LogP contribution in [0.25, 0.3) is 10.9 Å². The maximum Gasteiger partial charge on any atom is 0.412 e. The molecule has 0 N–H and O–H groups in total. The Balaban J connectivity index is 1.89. The van der Waals surface area contributed by atoms with Crippen molar-refractivity contribution in [2.24, 2.45) is 0 Å². The first kappa shape index (κ1) is 26.8. The number of hydrogen-bond donors (Lipinski definition) is 0. The second-order valence-corrected chi connectivity index (χ2v) is 13.6. The number of benzene rings is 2. The lowest BCUT2D eigenvalue weighted by Gasteiger charge is -2.34. The molecule has 7 nitrogen and oxygen atoms in total. The largest absolute Gasteiger partial charge is 0.412 e. The van der Waals surface area contributed by atoms with Crippen molar-refractivity contribution in [3.63, 3.8) is 0 Å².